The fourth-order valence-electron chi connectivity index (χ4n) is 11.4. The maximum absolute atomic E-state index is 6.76. The zero-order valence-corrected chi connectivity index (χ0v) is 35.3. The Balaban J connectivity index is 1.10. The lowest BCUT2D eigenvalue weighted by Crippen LogP contribution is -2.24. The molecule has 0 spiro atoms. The lowest BCUT2D eigenvalue weighted by Gasteiger charge is -2.32. The molecule has 0 bridgehead atoms. The van der Waals surface area contributed by atoms with E-state index < -0.39 is 0 Å². The first-order valence-corrected chi connectivity index (χ1v) is 21.9. The summed E-state index contributed by atoms with van der Waals surface area (Å²) < 4.78 is 0. The maximum atomic E-state index is 6.76. The number of aryl methyl sites for hydroxylation is 1. The molecule has 0 aromatic heterocycles. The molecule has 2 N–H and O–H groups in total. The Labute approximate surface area is 359 Å². The van der Waals surface area contributed by atoms with E-state index >= 15 is 0 Å². The average molecular weight is 785 g/mol. The van der Waals surface area contributed by atoms with E-state index in [9.17, 15) is 0 Å². The van der Waals surface area contributed by atoms with Crippen LogP contribution in [0.3, 0.4) is 0 Å². The minimum absolute atomic E-state index is 0.0680. The van der Waals surface area contributed by atoms with Gasteiger partial charge in [-0.2, -0.15) is 0 Å². The highest BCUT2D eigenvalue weighted by Crippen LogP contribution is 2.53. The first-order chi connectivity index (χ1) is 29.7. The van der Waals surface area contributed by atoms with Crippen molar-refractivity contribution in [1.82, 2.24) is 0 Å². The summed E-state index contributed by atoms with van der Waals surface area (Å²) >= 11 is 0. The zero-order chi connectivity index (χ0) is 41.2. The van der Waals surface area contributed by atoms with Crippen LogP contribution >= 0.6 is 0 Å². The largest absolute Gasteiger partial charge is 0.399 e. The quantitative estimate of drug-likeness (QED) is 0.142. The van der Waals surface area contributed by atoms with E-state index in [2.05, 4.69) is 202 Å². The van der Waals surface area contributed by atoms with Crippen molar-refractivity contribution in [3.8, 4) is 55.6 Å². The van der Waals surface area contributed by atoms with Crippen molar-refractivity contribution < 1.29 is 0 Å². The van der Waals surface area contributed by atoms with Gasteiger partial charge in [-0.05, 0) is 166 Å². The van der Waals surface area contributed by atoms with Crippen molar-refractivity contribution in [2.75, 3.05) is 17.2 Å². The fraction of sp³-hybridized carbons (Fsp3) is 0.153. The summed E-state index contributed by atoms with van der Waals surface area (Å²) in [4.78, 5) is 2.53. The summed E-state index contributed by atoms with van der Waals surface area (Å²) in [5, 5.41) is 4.87. The van der Waals surface area contributed by atoms with Crippen LogP contribution in [0, 0.1) is 0 Å². The van der Waals surface area contributed by atoms with Crippen molar-refractivity contribution >= 4 is 38.6 Å². The Morgan fingerprint density at radius 3 is 1.69 bits per heavy atom. The SMILES string of the molecule is CC1(C)c2ccccc2-c2ccc(-c3cccc(-c4c5ccc(N6CCCc7ccccc76)cc5c(-c5ccc6c(c5)C(C)(C)c5ccccc5-6)c5ccc(N)cc45)c3)cc21. The standard InChI is InChI=1S/C59H48N2/c1-58(2)51-19-8-6-17-43(51)45-26-22-38(32-53(45)58)37-14-11-15-39(31-37)56-48-29-25-42(61-30-12-16-36-13-5-10-21-55(36)61)35-50(48)57(47-28-24-41(60)34-49(47)56)40-23-27-46-44-18-7-9-20-52(44)59(3,4)54(46)33-40/h5-11,13-15,17-29,31-35H,12,16,30,60H2,1-4H3. The van der Waals surface area contributed by atoms with Crippen LogP contribution in [0.5, 0.6) is 0 Å². The predicted octanol–water partition coefficient (Wildman–Crippen LogP) is 15.3. The second kappa shape index (κ2) is 13.0. The number of nitrogens with zero attached hydrogens (tertiary/aromatic N) is 1. The molecule has 294 valence electrons. The van der Waals surface area contributed by atoms with Gasteiger partial charge in [0.15, 0.2) is 0 Å². The molecule has 9 aromatic carbocycles. The number of hydrogen-bond acceptors (Lipinski definition) is 2. The summed E-state index contributed by atoms with van der Waals surface area (Å²) in [6, 6.07) is 64.0. The number of nitrogens with two attached hydrogens (primary N) is 1. The van der Waals surface area contributed by atoms with Gasteiger partial charge in [-0.3, -0.25) is 0 Å². The topological polar surface area (TPSA) is 29.3 Å². The normalized spacial score (nSPS) is 15.3. The van der Waals surface area contributed by atoms with Crippen molar-refractivity contribution in [1.29, 1.82) is 0 Å². The summed E-state index contributed by atoms with van der Waals surface area (Å²) in [5.41, 5.74) is 29.6. The minimum Gasteiger partial charge on any atom is -0.399 e. The Morgan fingerprint density at radius 2 is 0.967 bits per heavy atom. The van der Waals surface area contributed by atoms with Crippen LogP contribution in [0.15, 0.2) is 170 Å². The number of nitrogen functional groups attached to an aromatic ring is 1. The van der Waals surface area contributed by atoms with E-state index in [1.807, 2.05) is 0 Å². The first-order valence-electron chi connectivity index (χ1n) is 21.9. The van der Waals surface area contributed by atoms with Gasteiger partial charge in [0.25, 0.3) is 0 Å². The van der Waals surface area contributed by atoms with Crippen LogP contribution in [0.2, 0.25) is 0 Å². The minimum atomic E-state index is -0.115. The van der Waals surface area contributed by atoms with Gasteiger partial charge in [-0.15, -0.1) is 0 Å². The molecule has 0 saturated heterocycles. The number of hydrogen-bond donors (Lipinski definition) is 1. The molecule has 2 nitrogen and oxygen atoms in total. The smallest absolute Gasteiger partial charge is 0.0443 e. The average Bonchev–Trinajstić information content (AvgIpc) is 3.66. The molecule has 12 rings (SSSR count). The van der Waals surface area contributed by atoms with Crippen molar-refractivity contribution in [3.63, 3.8) is 0 Å². The van der Waals surface area contributed by atoms with Gasteiger partial charge in [-0.25, -0.2) is 0 Å². The van der Waals surface area contributed by atoms with Gasteiger partial charge in [-0.1, -0.05) is 149 Å². The number of benzene rings is 9. The van der Waals surface area contributed by atoms with E-state index in [1.54, 1.807) is 0 Å². The van der Waals surface area contributed by atoms with Crippen LogP contribution < -0.4 is 10.6 Å². The van der Waals surface area contributed by atoms with Crippen LogP contribution in [0.1, 0.15) is 61.9 Å². The molecular weight excluding hydrogens is 737 g/mol. The van der Waals surface area contributed by atoms with Crippen molar-refractivity contribution in [2.45, 2.75) is 51.4 Å². The summed E-state index contributed by atoms with van der Waals surface area (Å²) in [5.74, 6) is 0. The molecule has 0 amide bonds. The van der Waals surface area contributed by atoms with Crippen LogP contribution in [0.4, 0.5) is 17.1 Å². The van der Waals surface area contributed by atoms with E-state index in [0.29, 0.717) is 0 Å². The molecule has 1 heterocycles. The van der Waals surface area contributed by atoms with E-state index in [1.165, 1.54) is 116 Å². The molecule has 0 radical (unpaired) electrons. The molecule has 0 saturated carbocycles. The highest BCUT2D eigenvalue weighted by Gasteiger charge is 2.37. The second-order valence-corrected chi connectivity index (χ2v) is 18.6. The summed E-state index contributed by atoms with van der Waals surface area (Å²) in [6.07, 6.45) is 2.24. The number of fused-ring (bicyclic) bond motifs is 9. The van der Waals surface area contributed by atoms with Gasteiger partial charge in [0.2, 0.25) is 0 Å². The number of anilines is 3. The monoisotopic (exact) mass is 784 g/mol. The first kappa shape index (κ1) is 36.0. The molecule has 0 fully saturated rings. The molecule has 9 aromatic rings. The van der Waals surface area contributed by atoms with E-state index in [0.717, 1.165) is 25.1 Å². The zero-order valence-electron chi connectivity index (χ0n) is 35.3. The van der Waals surface area contributed by atoms with E-state index in [-0.39, 0.29) is 10.8 Å². The lowest BCUT2D eigenvalue weighted by molar-refractivity contribution is 0.660. The Bertz CT molecular complexity index is 3310. The molecule has 61 heavy (non-hydrogen) atoms. The fourth-order valence-corrected chi connectivity index (χ4v) is 11.4. The van der Waals surface area contributed by atoms with E-state index in [4.69, 9.17) is 5.73 Å². The van der Waals surface area contributed by atoms with Crippen LogP contribution in [-0.4, -0.2) is 6.54 Å². The lowest BCUT2D eigenvalue weighted by atomic mass is 9.80. The molecular formula is C59H48N2. The molecule has 3 aliphatic rings. The molecule has 0 atom stereocenters. The third-order valence-corrected chi connectivity index (χ3v) is 14.5. The van der Waals surface area contributed by atoms with Gasteiger partial charge < -0.3 is 10.6 Å². The third kappa shape index (κ3) is 5.28. The summed E-state index contributed by atoms with van der Waals surface area (Å²) in [7, 11) is 0. The second-order valence-electron chi connectivity index (χ2n) is 18.6. The Hall–Kier alpha value is -6.90. The van der Waals surface area contributed by atoms with Gasteiger partial charge in [0.1, 0.15) is 0 Å². The maximum Gasteiger partial charge on any atom is 0.0443 e. The number of rotatable bonds is 4. The summed E-state index contributed by atoms with van der Waals surface area (Å²) in [6.45, 7) is 10.5. The highest BCUT2D eigenvalue weighted by atomic mass is 15.1. The third-order valence-electron chi connectivity index (χ3n) is 14.5. The Kier molecular flexibility index (Phi) is 7.70. The van der Waals surface area contributed by atoms with Crippen LogP contribution in [0.25, 0.3) is 77.2 Å². The van der Waals surface area contributed by atoms with Gasteiger partial charge in [0, 0.05) is 34.4 Å². The van der Waals surface area contributed by atoms with Crippen LogP contribution in [-0.2, 0) is 17.3 Å². The number of para-hydroxylation sites is 1. The van der Waals surface area contributed by atoms with Crippen molar-refractivity contribution in [3.05, 3.63) is 198 Å². The van der Waals surface area contributed by atoms with Gasteiger partial charge >= 0.3 is 0 Å². The Morgan fingerprint density at radius 1 is 0.426 bits per heavy atom. The van der Waals surface area contributed by atoms with Gasteiger partial charge in [0.05, 0.1) is 0 Å². The molecule has 2 heteroatoms. The molecule has 2 aliphatic carbocycles. The predicted molar refractivity (Wildman–Crippen MR) is 259 cm³/mol. The molecule has 0 unspecified atom stereocenters. The van der Waals surface area contributed by atoms with Crippen molar-refractivity contribution in [2.24, 2.45) is 0 Å². The highest BCUT2D eigenvalue weighted by molar-refractivity contribution is 6.22. The molecule has 1 aliphatic heterocycles.